The number of pyridine rings is 2. The number of benzene rings is 2. The van der Waals surface area contributed by atoms with Crippen LogP contribution in [-0.4, -0.2) is 57.9 Å². The highest BCUT2D eigenvalue weighted by atomic mass is 16.5. The summed E-state index contributed by atoms with van der Waals surface area (Å²) in [6.45, 7) is 0. The van der Waals surface area contributed by atoms with Crippen LogP contribution in [0, 0.1) is 0 Å². The lowest BCUT2D eigenvalue weighted by Gasteiger charge is -2.27. The topological polar surface area (TPSA) is 193 Å². The number of aromatic amines is 2. The molecule has 2 aromatic heterocycles. The van der Waals surface area contributed by atoms with Gasteiger partial charge in [-0.2, -0.15) is 0 Å². The molecule has 12 heteroatoms. The van der Waals surface area contributed by atoms with Gasteiger partial charge in [0.05, 0.1) is 38.2 Å². The number of H-pyrrole nitrogens is 2. The minimum absolute atomic E-state index is 0.148. The summed E-state index contributed by atoms with van der Waals surface area (Å²) >= 11 is 0. The van der Waals surface area contributed by atoms with E-state index in [2.05, 4.69) is 9.97 Å². The van der Waals surface area contributed by atoms with E-state index in [0.29, 0.717) is 21.8 Å². The number of hydrogen-bond donors (Lipinski definition) is 4. The molecular weight excluding hydrogens is 572 g/mol. The normalized spacial score (nSPS) is 15.0. The number of Topliss-reactive ketones (excluding diaryl/α,β-unsaturated/α-hetero) is 2. The van der Waals surface area contributed by atoms with Crippen molar-refractivity contribution in [3.63, 3.8) is 0 Å². The summed E-state index contributed by atoms with van der Waals surface area (Å²) in [5.74, 6) is -9.63. The fourth-order valence-corrected chi connectivity index (χ4v) is 5.44. The first kappa shape index (κ1) is 29.7. The molecule has 0 bridgehead atoms. The number of aliphatic hydroxyl groups is 2. The Balaban J connectivity index is 1.69. The molecular formula is C32H26N2O10. The predicted octanol–water partition coefficient (Wildman–Crippen LogP) is 3.14. The van der Waals surface area contributed by atoms with Crippen molar-refractivity contribution in [3.05, 3.63) is 115 Å². The molecule has 0 spiro atoms. The van der Waals surface area contributed by atoms with Gasteiger partial charge in [0.1, 0.15) is 0 Å². The van der Waals surface area contributed by atoms with Gasteiger partial charge in [-0.15, -0.1) is 0 Å². The van der Waals surface area contributed by atoms with E-state index in [9.17, 15) is 39.0 Å². The van der Waals surface area contributed by atoms with Crippen LogP contribution in [0.15, 0.2) is 92.9 Å². The van der Waals surface area contributed by atoms with E-state index in [1.807, 2.05) is 0 Å². The Morgan fingerprint density at radius 1 is 0.659 bits per heavy atom. The van der Waals surface area contributed by atoms with E-state index >= 15 is 0 Å². The Kier molecular flexibility index (Phi) is 7.99. The number of hydrogen-bond acceptors (Lipinski definition) is 10. The number of para-hydroxylation sites is 2. The van der Waals surface area contributed by atoms with Crippen molar-refractivity contribution in [1.29, 1.82) is 0 Å². The third-order valence-corrected chi connectivity index (χ3v) is 7.64. The highest BCUT2D eigenvalue weighted by molar-refractivity contribution is 6.24. The zero-order valence-corrected chi connectivity index (χ0v) is 23.5. The SMILES string of the molecule is COC(=O)C[C@H](C1=C(O)C(=O)C([C@@H](CC(=O)OC)c2cc3ccccc3[nH]c2=O)=C(O)C1=O)c1cc2ccccc2[nH]c1=O. The van der Waals surface area contributed by atoms with Crippen LogP contribution in [-0.2, 0) is 28.7 Å². The van der Waals surface area contributed by atoms with E-state index in [4.69, 9.17) is 9.47 Å². The number of fused-ring (bicyclic) bond motifs is 2. The molecule has 0 saturated heterocycles. The number of ether oxygens (including phenoxy) is 2. The van der Waals surface area contributed by atoms with E-state index in [1.54, 1.807) is 48.5 Å². The van der Waals surface area contributed by atoms with Gasteiger partial charge in [0.25, 0.3) is 11.1 Å². The number of carbonyl (C=O) groups excluding carboxylic acids is 4. The minimum atomic E-state index is -1.51. The summed E-state index contributed by atoms with van der Waals surface area (Å²) in [6.07, 6.45) is -1.29. The summed E-state index contributed by atoms with van der Waals surface area (Å²) in [4.78, 5) is 84.1. The van der Waals surface area contributed by atoms with Crippen LogP contribution in [0.3, 0.4) is 0 Å². The van der Waals surface area contributed by atoms with Crippen molar-refractivity contribution >= 4 is 45.3 Å². The standard InChI is InChI=1S/C32H26N2O10/c1-43-23(35)13-17(19-11-15-7-3-5-9-21(15)33-31(19)41)25-27(37)29(39)26(30(40)28(25)38)18(14-24(36)44-2)20-12-16-8-4-6-10-22(16)34-32(20)42/h3-12,17-18,37,40H,13-14H2,1-2H3,(H,33,41)(H,34,42)/t17-,18-/m0/s1. The van der Waals surface area contributed by atoms with Gasteiger partial charge < -0.3 is 29.7 Å². The van der Waals surface area contributed by atoms with Crippen molar-refractivity contribution in [2.24, 2.45) is 0 Å². The first-order chi connectivity index (χ1) is 21.0. The third kappa shape index (κ3) is 5.28. The summed E-state index contributed by atoms with van der Waals surface area (Å²) < 4.78 is 9.50. The molecule has 0 aliphatic heterocycles. The van der Waals surface area contributed by atoms with Crippen LogP contribution in [0.4, 0.5) is 0 Å². The molecule has 0 radical (unpaired) electrons. The number of nitrogens with one attached hydrogen (secondary N) is 2. The average Bonchev–Trinajstić information content (AvgIpc) is 3.02. The Morgan fingerprint density at radius 3 is 1.39 bits per heavy atom. The molecule has 12 nitrogen and oxygen atoms in total. The molecule has 2 heterocycles. The molecule has 2 aromatic carbocycles. The van der Waals surface area contributed by atoms with Crippen molar-refractivity contribution in [2.45, 2.75) is 24.7 Å². The predicted molar refractivity (Wildman–Crippen MR) is 157 cm³/mol. The van der Waals surface area contributed by atoms with E-state index in [1.165, 1.54) is 12.1 Å². The second-order valence-corrected chi connectivity index (χ2v) is 10.1. The van der Waals surface area contributed by atoms with Gasteiger partial charge >= 0.3 is 11.9 Å². The second-order valence-electron chi connectivity index (χ2n) is 10.1. The second kappa shape index (κ2) is 11.8. The number of aliphatic hydroxyl groups excluding tert-OH is 2. The summed E-state index contributed by atoms with van der Waals surface area (Å²) in [5.41, 5.74) is -2.23. The molecule has 4 aromatic rings. The Labute approximate surface area is 248 Å². The maximum atomic E-state index is 13.8. The fraction of sp³-hybridized carbons (Fsp3) is 0.188. The number of rotatable bonds is 8. The third-order valence-electron chi connectivity index (χ3n) is 7.64. The van der Waals surface area contributed by atoms with Gasteiger partial charge in [-0.25, -0.2) is 0 Å². The van der Waals surface area contributed by atoms with Crippen LogP contribution in [0.25, 0.3) is 21.8 Å². The molecule has 1 aliphatic rings. The highest BCUT2D eigenvalue weighted by Gasteiger charge is 2.44. The lowest BCUT2D eigenvalue weighted by Crippen LogP contribution is -2.34. The average molecular weight is 599 g/mol. The summed E-state index contributed by atoms with van der Waals surface area (Å²) in [5, 5.41) is 23.5. The van der Waals surface area contributed by atoms with Crippen LogP contribution < -0.4 is 11.1 Å². The number of aromatic nitrogens is 2. The smallest absolute Gasteiger partial charge is 0.306 e. The molecule has 0 unspecified atom stereocenters. The van der Waals surface area contributed by atoms with Crippen LogP contribution >= 0.6 is 0 Å². The Bertz CT molecular complexity index is 1900. The zero-order valence-electron chi connectivity index (χ0n) is 23.5. The maximum absolute atomic E-state index is 13.8. The fourth-order valence-electron chi connectivity index (χ4n) is 5.44. The van der Waals surface area contributed by atoms with Crippen molar-refractivity contribution in [3.8, 4) is 0 Å². The zero-order chi connectivity index (χ0) is 31.7. The first-order valence-electron chi connectivity index (χ1n) is 13.4. The number of allylic oxidation sites excluding steroid dienone is 2. The van der Waals surface area contributed by atoms with E-state index in [0.717, 1.165) is 14.2 Å². The first-order valence-corrected chi connectivity index (χ1v) is 13.4. The van der Waals surface area contributed by atoms with Crippen LogP contribution in [0.2, 0.25) is 0 Å². The molecule has 5 rings (SSSR count). The minimum Gasteiger partial charge on any atom is -0.504 e. The molecule has 0 fully saturated rings. The largest absolute Gasteiger partial charge is 0.504 e. The molecule has 2 atom stereocenters. The van der Waals surface area contributed by atoms with Gasteiger partial charge in [-0.05, 0) is 35.0 Å². The number of methoxy groups -OCH3 is 2. The van der Waals surface area contributed by atoms with Crippen molar-refractivity contribution in [2.75, 3.05) is 14.2 Å². The summed E-state index contributed by atoms with van der Waals surface area (Å²) in [7, 11) is 2.17. The highest BCUT2D eigenvalue weighted by Crippen LogP contribution is 2.40. The number of esters is 2. The van der Waals surface area contributed by atoms with E-state index < -0.39 is 82.0 Å². The van der Waals surface area contributed by atoms with Crippen LogP contribution in [0.5, 0.6) is 0 Å². The molecule has 0 amide bonds. The molecule has 44 heavy (non-hydrogen) atoms. The number of ketones is 2. The van der Waals surface area contributed by atoms with Gasteiger partial charge in [0, 0.05) is 34.0 Å². The lowest BCUT2D eigenvalue weighted by molar-refractivity contribution is -0.142. The lowest BCUT2D eigenvalue weighted by atomic mass is 9.76. The van der Waals surface area contributed by atoms with Gasteiger partial charge in [0.2, 0.25) is 11.6 Å². The number of carbonyl (C=O) groups is 4. The van der Waals surface area contributed by atoms with Crippen molar-refractivity contribution < 1.29 is 38.9 Å². The molecule has 4 N–H and O–H groups in total. The molecule has 224 valence electrons. The monoisotopic (exact) mass is 598 g/mol. The Hall–Kier alpha value is -5.78. The van der Waals surface area contributed by atoms with Gasteiger partial charge in [0.15, 0.2) is 11.5 Å². The van der Waals surface area contributed by atoms with E-state index in [-0.39, 0.29) is 11.1 Å². The Morgan fingerprint density at radius 2 is 1.02 bits per heavy atom. The summed E-state index contributed by atoms with van der Waals surface area (Å²) in [6, 6.07) is 16.2. The van der Waals surface area contributed by atoms with Gasteiger partial charge in [-0.1, -0.05) is 36.4 Å². The van der Waals surface area contributed by atoms with Crippen LogP contribution in [0.1, 0.15) is 35.8 Å². The maximum Gasteiger partial charge on any atom is 0.306 e. The van der Waals surface area contributed by atoms with Gasteiger partial charge in [-0.3, -0.25) is 28.8 Å². The quantitative estimate of drug-likeness (QED) is 0.173. The van der Waals surface area contributed by atoms with Crippen molar-refractivity contribution in [1.82, 2.24) is 9.97 Å². The molecule has 0 saturated carbocycles. The molecule has 1 aliphatic carbocycles.